The summed E-state index contributed by atoms with van der Waals surface area (Å²) in [5.74, 6) is 0. The first-order valence-corrected chi connectivity index (χ1v) is 4.42. The molecular weight excluding hydrogens is 214 g/mol. The number of pyridine rings is 1. The van der Waals surface area contributed by atoms with Crippen LogP contribution in [-0.2, 0) is 13.0 Å². The van der Waals surface area contributed by atoms with E-state index in [9.17, 15) is 8.78 Å². The molecule has 0 saturated carbocycles. The van der Waals surface area contributed by atoms with Crippen LogP contribution in [0.25, 0.3) is 0 Å². The second-order valence-electron chi connectivity index (χ2n) is 2.98. The molecule has 1 aromatic heterocycles. The Bertz CT molecular complexity index is 471. The Hall–Kier alpha value is -2.05. The molecule has 16 heavy (non-hydrogen) atoms. The summed E-state index contributed by atoms with van der Waals surface area (Å²) in [6, 6.07) is 4.64. The fraction of sp³-hybridized carbons (Fsp3) is 0.300. The Morgan fingerprint density at radius 2 is 2.12 bits per heavy atom. The maximum atomic E-state index is 12.6. The highest BCUT2D eigenvalue weighted by Crippen LogP contribution is 2.24. The summed E-state index contributed by atoms with van der Waals surface area (Å²) in [5.41, 5.74) is 5.18. The number of hydrogen-bond donors (Lipinski definition) is 1. The second-order valence-corrected chi connectivity index (χ2v) is 2.98. The molecule has 4 nitrogen and oxygen atoms in total. The molecule has 2 N–H and O–H groups in total. The van der Waals surface area contributed by atoms with Gasteiger partial charge in [0.2, 0.25) is 0 Å². The maximum absolute atomic E-state index is 12.6. The van der Waals surface area contributed by atoms with Crippen LogP contribution in [0.5, 0.6) is 0 Å². The van der Waals surface area contributed by atoms with Gasteiger partial charge in [-0.1, -0.05) is 0 Å². The van der Waals surface area contributed by atoms with Crippen LogP contribution in [0.3, 0.4) is 0 Å². The van der Waals surface area contributed by atoms with E-state index >= 15 is 0 Å². The van der Waals surface area contributed by atoms with Crippen molar-refractivity contribution in [3.05, 3.63) is 28.6 Å². The third-order valence-electron chi connectivity index (χ3n) is 2.02. The van der Waals surface area contributed by atoms with Gasteiger partial charge >= 0.3 is 0 Å². The Morgan fingerprint density at radius 1 is 1.44 bits per heavy atom. The molecule has 0 aliphatic rings. The summed E-state index contributed by atoms with van der Waals surface area (Å²) in [7, 11) is 0. The van der Waals surface area contributed by atoms with Crippen LogP contribution < -0.4 is 5.73 Å². The van der Waals surface area contributed by atoms with Crippen molar-refractivity contribution in [2.75, 3.05) is 0 Å². The van der Waals surface area contributed by atoms with E-state index in [-0.39, 0.29) is 35.5 Å². The lowest BCUT2D eigenvalue weighted by atomic mass is 10.1. The van der Waals surface area contributed by atoms with Crippen LogP contribution in [0.1, 0.15) is 28.9 Å². The molecule has 1 rings (SSSR count). The van der Waals surface area contributed by atoms with Crippen LogP contribution in [-0.4, -0.2) is 4.98 Å². The average Bonchev–Trinajstić information content (AvgIpc) is 2.28. The van der Waals surface area contributed by atoms with Crippen molar-refractivity contribution in [2.45, 2.75) is 19.4 Å². The van der Waals surface area contributed by atoms with Crippen molar-refractivity contribution in [1.82, 2.24) is 4.98 Å². The number of hydrogen-bond acceptors (Lipinski definition) is 4. The zero-order chi connectivity index (χ0) is 12.1. The molecule has 0 spiro atoms. The maximum Gasteiger partial charge on any atom is 0.265 e. The first-order valence-electron chi connectivity index (χ1n) is 4.42. The van der Waals surface area contributed by atoms with Crippen LogP contribution in [0.2, 0.25) is 0 Å². The van der Waals surface area contributed by atoms with Gasteiger partial charge in [-0.3, -0.25) is 0 Å². The molecule has 0 bridgehead atoms. The summed E-state index contributed by atoms with van der Waals surface area (Å²) < 4.78 is 25.3. The SMILES string of the molecule is N#CCc1nc(C#N)c(CN)cc1C(F)F. The minimum absolute atomic E-state index is 0.00264. The topological polar surface area (TPSA) is 86.5 Å². The van der Waals surface area contributed by atoms with Gasteiger partial charge in [0.25, 0.3) is 6.43 Å². The van der Waals surface area contributed by atoms with E-state index in [1.165, 1.54) is 0 Å². The summed E-state index contributed by atoms with van der Waals surface area (Å²) in [5, 5.41) is 17.2. The third kappa shape index (κ3) is 2.30. The van der Waals surface area contributed by atoms with Gasteiger partial charge in [-0.05, 0) is 6.07 Å². The molecule has 0 aliphatic carbocycles. The van der Waals surface area contributed by atoms with E-state index in [4.69, 9.17) is 16.3 Å². The fourth-order valence-electron chi connectivity index (χ4n) is 1.27. The largest absolute Gasteiger partial charge is 0.326 e. The number of rotatable bonds is 3. The number of aromatic nitrogens is 1. The molecule has 0 fully saturated rings. The molecule has 82 valence electrons. The molecule has 0 unspecified atom stereocenters. The van der Waals surface area contributed by atoms with Crippen molar-refractivity contribution < 1.29 is 8.78 Å². The highest BCUT2D eigenvalue weighted by atomic mass is 19.3. The number of nitrogens with two attached hydrogens (primary N) is 1. The zero-order valence-corrected chi connectivity index (χ0v) is 8.24. The molecule has 6 heteroatoms. The molecule has 0 aromatic carbocycles. The van der Waals surface area contributed by atoms with Crippen molar-refractivity contribution in [1.29, 1.82) is 10.5 Å². The van der Waals surface area contributed by atoms with Crippen LogP contribution in [0.15, 0.2) is 6.07 Å². The van der Waals surface area contributed by atoms with Gasteiger partial charge in [0, 0.05) is 17.7 Å². The van der Waals surface area contributed by atoms with Gasteiger partial charge in [0.05, 0.1) is 18.2 Å². The van der Waals surface area contributed by atoms with Gasteiger partial charge in [-0.25, -0.2) is 13.8 Å². The van der Waals surface area contributed by atoms with Gasteiger partial charge in [-0.2, -0.15) is 10.5 Å². The third-order valence-corrected chi connectivity index (χ3v) is 2.02. The van der Waals surface area contributed by atoms with Crippen molar-refractivity contribution in [2.24, 2.45) is 5.73 Å². The number of nitrogens with zero attached hydrogens (tertiary/aromatic N) is 3. The van der Waals surface area contributed by atoms with Crippen molar-refractivity contribution >= 4 is 0 Å². The molecular formula is C10H8F2N4. The Kier molecular flexibility index (Phi) is 3.87. The lowest BCUT2D eigenvalue weighted by Gasteiger charge is -2.08. The predicted molar refractivity (Wildman–Crippen MR) is 51.1 cm³/mol. The molecule has 1 heterocycles. The lowest BCUT2D eigenvalue weighted by molar-refractivity contribution is 0.149. The molecule has 0 atom stereocenters. The van der Waals surface area contributed by atoms with Crippen LogP contribution in [0, 0.1) is 22.7 Å². The van der Waals surface area contributed by atoms with E-state index in [0.717, 1.165) is 6.07 Å². The average molecular weight is 222 g/mol. The number of alkyl halides is 2. The van der Waals surface area contributed by atoms with E-state index in [1.807, 2.05) is 0 Å². The lowest BCUT2D eigenvalue weighted by Crippen LogP contribution is -2.07. The quantitative estimate of drug-likeness (QED) is 0.837. The summed E-state index contributed by atoms with van der Waals surface area (Å²) in [4.78, 5) is 3.73. The standard InChI is InChI=1S/C10H8F2N4/c11-10(12)7-3-6(4-14)9(5-15)16-8(7)1-2-13/h3,10H,1,4,14H2. The highest BCUT2D eigenvalue weighted by molar-refractivity contribution is 5.38. The van der Waals surface area contributed by atoms with Gasteiger partial charge < -0.3 is 5.73 Å². The second kappa shape index (κ2) is 5.15. The van der Waals surface area contributed by atoms with Crippen LogP contribution >= 0.6 is 0 Å². The Labute approximate surface area is 90.9 Å². The molecule has 0 saturated heterocycles. The zero-order valence-electron chi connectivity index (χ0n) is 8.24. The molecule has 0 amide bonds. The van der Waals surface area contributed by atoms with Crippen molar-refractivity contribution in [3.8, 4) is 12.1 Å². The van der Waals surface area contributed by atoms with E-state index in [1.54, 1.807) is 12.1 Å². The molecule has 1 aromatic rings. The minimum Gasteiger partial charge on any atom is -0.326 e. The monoisotopic (exact) mass is 222 g/mol. The number of halogens is 2. The van der Waals surface area contributed by atoms with Gasteiger partial charge in [0.1, 0.15) is 11.8 Å². The highest BCUT2D eigenvalue weighted by Gasteiger charge is 2.17. The molecule has 0 aliphatic heterocycles. The molecule has 0 radical (unpaired) electrons. The van der Waals surface area contributed by atoms with Crippen LogP contribution in [0.4, 0.5) is 8.78 Å². The van der Waals surface area contributed by atoms with Gasteiger partial charge in [0.15, 0.2) is 0 Å². The predicted octanol–water partition coefficient (Wildman–Crippen LogP) is 1.42. The van der Waals surface area contributed by atoms with Crippen molar-refractivity contribution in [3.63, 3.8) is 0 Å². The van der Waals surface area contributed by atoms with Gasteiger partial charge in [-0.15, -0.1) is 0 Å². The first-order chi connectivity index (χ1) is 7.63. The van der Waals surface area contributed by atoms with E-state index in [2.05, 4.69) is 4.98 Å². The smallest absolute Gasteiger partial charge is 0.265 e. The first kappa shape index (κ1) is 12.0. The Morgan fingerprint density at radius 3 is 2.56 bits per heavy atom. The normalized spacial score (nSPS) is 9.88. The van der Waals surface area contributed by atoms with E-state index in [0.29, 0.717) is 0 Å². The minimum atomic E-state index is -2.73. The number of nitriles is 2. The summed E-state index contributed by atoms with van der Waals surface area (Å²) in [6.07, 6.45) is -2.98. The summed E-state index contributed by atoms with van der Waals surface area (Å²) in [6.45, 7) is -0.0392. The summed E-state index contributed by atoms with van der Waals surface area (Å²) >= 11 is 0. The van der Waals surface area contributed by atoms with E-state index < -0.39 is 6.43 Å². The Balaban J connectivity index is 3.38. The fourth-order valence-corrected chi connectivity index (χ4v) is 1.27.